The van der Waals surface area contributed by atoms with Gasteiger partial charge in [-0.15, -0.1) is 0 Å². The Morgan fingerprint density at radius 2 is 2.11 bits per heavy atom. The van der Waals surface area contributed by atoms with Crippen molar-refractivity contribution in [3.63, 3.8) is 0 Å². The molecule has 0 saturated heterocycles. The molecular weight excluding hydrogens is 234 g/mol. The van der Waals surface area contributed by atoms with E-state index in [0.717, 1.165) is 18.9 Å². The number of rotatable bonds is 4. The van der Waals surface area contributed by atoms with Crippen molar-refractivity contribution >= 4 is 5.96 Å². The molecule has 1 aromatic rings. The van der Waals surface area contributed by atoms with Gasteiger partial charge in [0, 0.05) is 19.6 Å². The van der Waals surface area contributed by atoms with Crippen molar-refractivity contribution in [3.8, 4) is 0 Å². The van der Waals surface area contributed by atoms with Gasteiger partial charge in [-0.2, -0.15) is 0 Å². The largest absolute Gasteiger partial charge is 0.354 e. The molecule has 1 aliphatic carbocycles. The molecule has 3 nitrogen and oxygen atoms in total. The molecule has 0 bridgehead atoms. The Morgan fingerprint density at radius 3 is 2.84 bits per heavy atom. The fourth-order valence-electron chi connectivity index (χ4n) is 2.45. The standard InChI is InChI=1S/C16H25N3/c1-4-12(2)19-16(17-3)18-11-13-8-9-14-6-5-7-15(14)10-13/h8-10,12H,4-7,11H2,1-3H3,(H2,17,18,19). The van der Waals surface area contributed by atoms with Crippen molar-refractivity contribution in [2.24, 2.45) is 4.99 Å². The van der Waals surface area contributed by atoms with Crippen molar-refractivity contribution in [1.29, 1.82) is 0 Å². The van der Waals surface area contributed by atoms with Gasteiger partial charge in [-0.3, -0.25) is 4.99 Å². The van der Waals surface area contributed by atoms with Crippen LogP contribution < -0.4 is 10.6 Å². The number of nitrogens with zero attached hydrogens (tertiary/aromatic N) is 1. The van der Waals surface area contributed by atoms with E-state index < -0.39 is 0 Å². The highest BCUT2D eigenvalue weighted by Gasteiger charge is 2.10. The van der Waals surface area contributed by atoms with Crippen LogP contribution in [0.5, 0.6) is 0 Å². The van der Waals surface area contributed by atoms with E-state index in [0.29, 0.717) is 6.04 Å². The number of nitrogens with one attached hydrogen (secondary N) is 2. The molecule has 1 unspecified atom stereocenters. The molecule has 0 amide bonds. The molecule has 2 N–H and O–H groups in total. The molecule has 1 aliphatic rings. The van der Waals surface area contributed by atoms with Gasteiger partial charge in [0.2, 0.25) is 0 Å². The van der Waals surface area contributed by atoms with Crippen LogP contribution in [-0.4, -0.2) is 19.0 Å². The van der Waals surface area contributed by atoms with Crippen molar-refractivity contribution in [2.45, 2.75) is 52.1 Å². The van der Waals surface area contributed by atoms with Gasteiger partial charge in [0.25, 0.3) is 0 Å². The maximum atomic E-state index is 4.26. The van der Waals surface area contributed by atoms with Gasteiger partial charge in [-0.1, -0.05) is 25.1 Å². The molecule has 2 rings (SSSR count). The molecule has 0 spiro atoms. The number of guanidine groups is 1. The molecule has 104 valence electrons. The van der Waals surface area contributed by atoms with Gasteiger partial charge in [0.15, 0.2) is 5.96 Å². The fourth-order valence-corrected chi connectivity index (χ4v) is 2.45. The fraction of sp³-hybridized carbons (Fsp3) is 0.562. The maximum absolute atomic E-state index is 4.26. The summed E-state index contributed by atoms with van der Waals surface area (Å²) in [5, 5.41) is 6.76. The van der Waals surface area contributed by atoms with Crippen LogP contribution in [0.1, 0.15) is 43.4 Å². The van der Waals surface area contributed by atoms with Crippen molar-refractivity contribution in [1.82, 2.24) is 10.6 Å². The highest BCUT2D eigenvalue weighted by atomic mass is 15.2. The number of hydrogen-bond donors (Lipinski definition) is 2. The van der Waals surface area contributed by atoms with Crippen molar-refractivity contribution in [3.05, 3.63) is 34.9 Å². The summed E-state index contributed by atoms with van der Waals surface area (Å²) >= 11 is 0. The molecule has 0 aliphatic heterocycles. The van der Waals surface area contributed by atoms with E-state index in [1.54, 1.807) is 0 Å². The minimum absolute atomic E-state index is 0.450. The van der Waals surface area contributed by atoms with Crippen LogP contribution in [-0.2, 0) is 19.4 Å². The van der Waals surface area contributed by atoms with Crippen LogP contribution in [0.15, 0.2) is 23.2 Å². The van der Waals surface area contributed by atoms with E-state index in [1.807, 2.05) is 7.05 Å². The number of hydrogen-bond acceptors (Lipinski definition) is 1. The zero-order valence-electron chi connectivity index (χ0n) is 12.3. The summed E-state index contributed by atoms with van der Waals surface area (Å²) in [6.45, 7) is 5.18. The van der Waals surface area contributed by atoms with Crippen LogP contribution >= 0.6 is 0 Å². The van der Waals surface area contributed by atoms with E-state index in [4.69, 9.17) is 0 Å². The van der Waals surface area contributed by atoms with E-state index in [-0.39, 0.29) is 0 Å². The third kappa shape index (κ3) is 3.72. The van der Waals surface area contributed by atoms with Crippen LogP contribution in [0, 0.1) is 0 Å². The number of aryl methyl sites for hydroxylation is 2. The van der Waals surface area contributed by atoms with E-state index in [1.165, 1.54) is 36.0 Å². The average Bonchev–Trinajstić information content (AvgIpc) is 2.90. The predicted molar refractivity (Wildman–Crippen MR) is 81.6 cm³/mol. The third-order valence-corrected chi connectivity index (χ3v) is 3.84. The Bertz CT molecular complexity index is 451. The molecule has 0 saturated carbocycles. The van der Waals surface area contributed by atoms with Gasteiger partial charge < -0.3 is 10.6 Å². The van der Waals surface area contributed by atoms with Gasteiger partial charge in [-0.05, 0) is 49.3 Å². The van der Waals surface area contributed by atoms with E-state index in [2.05, 4.69) is 47.7 Å². The first-order valence-corrected chi connectivity index (χ1v) is 7.30. The van der Waals surface area contributed by atoms with Gasteiger partial charge >= 0.3 is 0 Å². The highest BCUT2D eigenvalue weighted by Crippen LogP contribution is 2.22. The Kier molecular flexibility index (Phi) is 4.83. The smallest absolute Gasteiger partial charge is 0.191 e. The molecule has 3 heteroatoms. The Morgan fingerprint density at radius 1 is 1.32 bits per heavy atom. The molecule has 0 fully saturated rings. The van der Waals surface area contributed by atoms with Crippen molar-refractivity contribution < 1.29 is 0 Å². The molecule has 19 heavy (non-hydrogen) atoms. The number of aliphatic imine (C=N–C) groups is 1. The third-order valence-electron chi connectivity index (χ3n) is 3.84. The second-order valence-electron chi connectivity index (χ2n) is 5.34. The van der Waals surface area contributed by atoms with E-state index in [9.17, 15) is 0 Å². The van der Waals surface area contributed by atoms with Crippen LogP contribution in [0.3, 0.4) is 0 Å². The first-order valence-electron chi connectivity index (χ1n) is 7.30. The lowest BCUT2D eigenvalue weighted by molar-refractivity contribution is 0.624. The SMILES string of the molecule is CCC(C)NC(=NC)NCc1ccc2c(c1)CCC2. The van der Waals surface area contributed by atoms with Crippen LogP contribution in [0.25, 0.3) is 0 Å². The monoisotopic (exact) mass is 259 g/mol. The highest BCUT2D eigenvalue weighted by molar-refractivity contribution is 5.79. The summed E-state index contributed by atoms with van der Waals surface area (Å²) < 4.78 is 0. The lowest BCUT2D eigenvalue weighted by Crippen LogP contribution is -2.41. The molecule has 1 aromatic carbocycles. The minimum atomic E-state index is 0.450. The average molecular weight is 259 g/mol. The van der Waals surface area contributed by atoms with Gasteiger partial charge in [0.05, 0.1) is 0 Å². The zero-order valence-corrected chi connectivity index (χ0v) is 12.3. The molecule has 1 atom stereocenters. The predicted octanol–water partition coefficient (Wildman–Crippen LogP) is 2.64. The Labute approximate surface area is 116 Å². The van der Waals surface area contributed by atoms with Gasteiger partial charge in [0.1, 0.15) is 0 Å². The Balaban J connectivity index is 1.91. The summed E-state index contributed by atoms with van der Waals surface area (Å²) in [4.78, 5) is 4.26. The first kappa shape index (κ1) is 13.9. The molecule has 0 heterocycles. The summed E-state index contributed by atoms with van der Waals surface area (Å²) in [6.07, 6.45) is 4.90. The van der Waals surface area contributed by atoms with Crippen LogP contribution in [0.4, 0.5) is 0 Å². The van der Waals surface area contributed by atoms with Crippen LogP contribution in [0.2, 0.25) is 0 Å². The van der Waals surface area contributed by atoms with E-state index >= 15 is 0 Å². The molecule has 0 radical (unpaired) electrons. The summed E-state index contributed by atoms with van der Waals surface area (Å²) in [7, 11) is 1.82. The zero-order chi connectivity index (χ0) is 13.7. The lowest BCUT2D eigenvalue weighted by atomic mass is 10.1. The summed E-state index contributed by atoms with van der Waals surface area (Å²) in [5.41, 5.74) is 4.41. The number of benzene rings is 1. The summed E-state index contributed by atoms with van der Waals surface area (Å²) in [5.74, 6) is 0.884. The quantitative estimate of drug-likeness (QED) is 0.644. The van der Waals surface area contributed by atoms with Gasteiger partial charge in [-0.25, -0.2) is 0 Å². The van der Waals surface area contributed by atoms with Crippen molar-refractivity contribution in [2.75, 3.05) is 7.05 Å². The molecular formula is C16H25N3. The first-order chi connectivity index (χ1) is 9.22. The Hall–Kier alpha value is -1.51. The number of fused-ring (bicyclic) bond motifs is 1. The second-order valence-corrected chi connectivity index (χ2v) is 5.34. The molecule has 0 aromatic heterocycles. The summed E-state index contributed by atoms with van der Waals surface area (Å²) in [6, 6.07) is 7.30. The second kappa shape index (κ2) is 6.60. The maximum Gasteiger partial charge on any atom is 0.191 e. The minimum Gasteiger partial charge on any atom is -0.354 e. The normalized spacial score (nSPS) is 16.1. The topological polar surface area (TPSA) is 36.4 Å². The lowest BCUT2D eigenvalue weighted by Gasteiger charge is -2.16.